The van der Waals surface area contributed by atoms with E-state index in [-0.39, 0.29) is 46.2 Å². The van der Waals surface area contributed by atoms with Crippen molar-refractivity contribution < 1.29 is 168 Å². The van der Waals surface area contributed by atoms with Gasteiger partial charge < -0.3 is 168 Å². The highest BCUT2D eigenvalue weighted by atomic mass is 16.8. The molecule has 21 saturated heterocycles. The largest absolute Gasteiger partial charge is 0.387 e. The van der Waals surface area contributed by atoms with Crippen LogP contribution in [-0.2, 0) is 133 Å². The Bertz CT molecular complexity index is 1850. The van der Waals surface area contributed by atoms with Crippen molar-refractivity contribution in [2.24, 2.45) is 0 Å². The van der Waals surface area contributed by atoms with Crippen molar-refractivity contribution in [3.05, 3.63) is 24.3 Å². The van der Waals surface area contributed by atoms with E-state index in [0.29, 0.717) is 0 Å². The zero-order valence-electron chi connectivity index (χ0n) is 56.7. The summed E-state index contributed by atoms with van der Waals surface area (Å²) in [6.45, 7) is -1.59. The van der Waals surface area contributed by atoms with Gasteiger partial charge in [0.25, 0.3) is 0 Å². The molecular weight excluding hydrogens is 1290 g/mol. The zero-order valence-corrected chi connectivity index (χ0v) is 56.7. The summed E-state index contributed by atoms with van der Waals surface area (Å²) in [5.74, 6) is 0. The van der Waals surface area contributed by atoms with Crippen molar-refractivity contribution in [1.29, 1.82) is 0 Å². The second kappa shape index (κ2) is 38.6. The van der Waals surface area contributed by atoms with Crippen molar-refractivity contribution in [3.63, 3.8) is 0 Å². The first-order chi connectivity index (χ1) is 46.4. The van der Waals surface area contributed by atoms with Crippen LogP contribution in [0, 0.1) is 0 Å². The number of hydrogen-bond acceptors (Lipinski definition) is 35. The highest BCUT2D eigenvalue weighted by Crippen LogP contribution is 2.41. The lowest BCUT2D eigenvalue weighted by Crippen LogP contribution is -2.69. The molecule has 0 spiro atoms. The van der Waals surface area contributed by atoms with E-state index in [1.54, 1.807) is 0 Å². The number of aliphatic hydroxyl groups excluding tert-OH is 7. The normalized spacial score (nSPS) is 47.1. The van der Waals surface area contributed by atoms with Gasteiger partial charge in [0.15, 0.2) is 44.0 Å². The average molecular weight is 1400 g/mol. The lowest BCUT2D eigenvalue weighted by Gasteiger charge is -2.51. The second-order valence-corrected chi connectivity index (χ2v) is 24.1. The fourth-order valence-corrected chi connectivity index (χ4v) is 13.5. The number of rotatable bonds is 21. The Kier molecular flexibility index (Phi) is 32.0. The van der Waals surface area contributed by atoms with Gasteiger partial charge in [0, 0.05) is 99.5 Å². The van der Waals surface area contributed by atoms with Gasteiger partial charge in [0.05, 0.1) is 46.2 Å². The Morgan fingerprint density at radius 3 is 0.458 bits per heavy atom. The van der Waals surface area contributed by atoms with Crippen LogP contribution in [0.1, 0.15) is 6.42 Å². The summed E-state index contributed by atoms with van der Waals surface area (Å²) >= 11 is 0. The predicted octanol–water partition coefficient (Wildman–Crippen LogP) is -4.57. The third-order valence-corrected chi connectivity index (χ3v) is 18.2. The topological polar surface area (TPSA) is 400 Å². The maximum Gasteiger partial charge on any atom is 0.187 e. The maximum absolute atomic E-state index is 12.3. The molecule has 22 rings (SSSR count). The van der Waals surface area contributed by atoms with Gasteiger partial charge in [-0.1, -0.05) is 24.3 Å². The Labute approximate surface area is 558 Å². The number of hydrogen-bond donors (Lipinski definition) is 7. The van der Waals surface area contributed by atoms with Gasteiger partial charge in [-0.05, 0) is 6.42 Å². The number of methoxy groups -OCH3 is 14. The van der Waals surface area contributed by atoms with Gasteiger partial charge in [0.2, 0.25) is 0 Å². The summed E-state index contributed by atoms with van der Waals surface area (Å²) in [6.07, 6.45) is -39.9. The van der Waals surface area contributed by atoms with E-state index >= 15 is 0 Å². The van der Waals surface area contributed by atoms with Crippen LogP contribution in [0.4, 0.5) is 0 Å². The molecule has 0 aromatic carbocycles. The minimum absolute atomic E-state index is 0.227. The summed E-state index contributed by atoms with van der Waals surface area (Å²) in [6, 6.07) is 0. The molecule has 22 aliphatic rings. The molecule has 35 nitrogen and oxygen atoms in total. The van der Waals surface area contributed by atoms with E-state index in [1.165, 1.54) is 99.5 Å². The molecule has 96 heavy (non-hydrogen) atoms. The standard InChI is InChI=1S/C56H98O35.C5H6/c1-64-15-22-36-29(57)43(71-8)50(78-22)86-37-23(16-65-2)80-52(45(73-10)30(37)58)88-39-25(18-67-4)82-54(47(75-12)32(39)60)90-41-27(20-69-6)84-56(49(77-14)34(41)62)91-42-28(21-70-7)83-55(48(76-13)35(42)63)89-40-26(19-68-5)81-53(46(74-11)33(40)61)87-38-24(17-66-3)79-51(85-36)44(72-9)31(38)59;1-2-4-5-3-1/h22-63H,15-21H2,1-14H3;1-4H,5H2/t22-,23-,24-,25-,26-,27-,28-,29-,30+,31+,32+,33+,34+,35+,36-,37-,38-,39-,40-,41-,42-,43-,44-,45-,46-,47-,48-,49-,50-,51-,52-,53-,54-,55-,56-;/m1./s1. The van der Waals surface area contributed by atoms with Crippen LogP contribution in [-0.4, -0.2) is 396 Å². The van der Waals surface area contributed by atoms with Gasteiger partial charge in [-0.2, -0.15) is 0 Å². The first-order valence-corrected chi connectivity index (χ1v) is 31.8. The Hall–Kier alpha value is -1.92. The van der Waals surface area contributed by atoms with Crippen LogP contribution < -0.4 is 0 Å². The Morgan fingerprint density at radius 2 is 0.365 bits per heavy atom. The number of ether oxygens (including phenoxy) is 28. The van der Waals surface area contributed by atoms with Gasteiger partial charge in [-0.25, -0.2) is 0 Å². The van der Waals surface area contributed by atoms with Crippen molar-refractivity contribution in [2.45, 2.75) is 221 Å². The monoisotopic (exact) mass is 1400 g/mol. The molecule has 0 radical (unpaired) electrons. The lowest BCUT2D eigenvalue weighted by molar-refractivity contribution is -0.400. The summed E-state index contributed by atoms with van der Waals surface area (Å²) < 4.78 is 171. The van der Waals surface area contributed by atoms with E-state index < -0.39 is 215 Å². The van der Waals surface area contributed by atoms with Crippen molar-refractivity contribution in [1.82, 2.24) is 0 Å². The van der Waals surface area contributed by atoms with E-state index in [2.05, 4.69) is 24.3 Å². The predicted molar refractivity (Wildman–Crippen MR) is 318 cm³/mol. The van der Waals surface area contributed by atoms with Crippen LogP contribution >= 0.6 is 0 Å². The Morgan fingerprint density at radius 1 is 0.229 bits per heavy atom. The summed E-state index contributed by atoms with van der Waals surface area (Å²) in [5.41, 5.74) is 0. The van der Waals surface area contributed by atoms with Crippen molar-refractivity contribution in [3.8, 4) is 0 Å². The second-order valence-electron chi connectivity index (χ2n) is 24.1. The molecule has 7 N–H and O–H groups in total. The zero-order chi connectivity index (χ0) is 69.5. The minimum Gasteiger partial charge on any atom is -0.387 e. The molecule has 0 saturated carbocycles. The smallest absolute Gasteiger partial charge is 0.187 e. The van der Waals surface area contributed by atoms with E-state index in [0.717, 1.165) is 6.42 Å². The van der Waals surface area contributed by atoms with Crippen LogP contribution in [0.25, 0.3) is 0 Å². The highest BCUT2D eigenvalue weighted by Gasteiger charge is 2.61. The first kappa shape index (κ1) is 79.8. The molecule has 558 valence electrons. The summed E-state index contributed by atoms with van der Waals surface area (Å²) in [5, 5.41) is 86.2. The molecule has 21 fully saturated rings. The molecule has 1 aliphatic carbocycles. The fraction of sp³-hybridized carbons (Fsp3) is 0.934. The first-order valence-electron chi connectivity index (χ1n) is 31.8. The minimum atomic E-state index is -1.62. The summed E-state index contributed by atoms with van der Waals surface area (Å²) in [4.78, 5) is 0. The molecule has 21 aliphatic heterocycles. The summed E-state index contributed by atoms with van der Waals surface area (Å²) in [7, 11) is 18.7. The third-order valence-electron chi connectivity index (χ3n) is 18.2. The number of aliphatic hydroxyl groups is 7. The van der Waals surface area contributed by atoms with Crippen LogP contribution in [0.3, 0.4) is 0 Å². The van der Waals surface area contributed by atoms with Crippen molar-refractivity contribution >= 4 is 0 Å². The fourth-order valence-electron chi connectivity index (χ4n) is 13.5. The van der Waals surface area contributed by atoms with Crippen LogP contribution in [0.5, 0.6) is 0 Å². The molecule has 0 unspecified atom stereocenters. The average Bonchev–Trinajstić information content (AvgIpc) is 0.832. The number of allylic oxidation sites excluding steroid dienone is 4. The molecule has 14 bridgehead atoms. The molecule has 35 atom stereocenters. The molecule has 0 aromatic heterocycles. The highest BCUT2D eigenvalue weighted by molar-refractivity contribution is 5.12. The molecular formula is C61H104O35. The van der Waals surface area contributed by atoms with E-state index in [9.17, 15) is 35.7 Å². The maximum atomic E-state index is 12.3. The molecule has 0 amide bonds. The molecule has 35 heteroatoms. The lowest BCUT2D eigenvalue weighted by atomic mass is 9.95. The van der Waals surface area contributed by atoms with E-state index in [1.807, 2.05) is 0 Å². The molecule has 21 heterocycles. The Balaban J connectivity index is 0.00000225. The van der Waals surface area contributed by atoms with Gasteiger partial charge in [-0.3, -0.25) is 0 Å². The van der Waals surface area contributed by atoms with Crippen LogP contribution in [0.2, 0.25) is 0 Å². The quantitative estimate of drug-likeness (QED) is 0.0569. The third kappa shape index (κ3) is 18.0. The van der Waals surface area contributed by atoms with E-state index in [4.69, 9.17) is 133 Å². The molecule has 0 aromatic rings. The van der Waals surface area contributed by atoms with Crippen LogP contribution in [0.15, 0.2) is 24.3 Å². The van der Waals surface area contributed by atoms with Gasteiger partial charge in [-0.15, -0.1) is 0 Å². The van der Waals surface area contributed by atoms with Crippen molar-refractivity contribution in [2.75, 3.05) is 146 Å². The SMILES string of the molecule is C1=CCC=C1.COC[C@H]1O[C@@H]2O[C@H]3[C@H](O)[C@@H](OC)[C@@H](O[C@H]4[C@H](O)[C@@H](OC)[C@@H](O[C@H]5[C@@H](O)[C@@H](OC)[C@@H](O[C@H]6[C@H](O)[C@@H](OC)[C@@H](O[C@H]7[C@H](O)[C@@H](OC)[C@@H](O[C@H]8[C@H](O)[C@@H](OC)[C@@H](O[C@H]1[C@H](O)[C@H]2OC)O[C@@H]8COC)O[C@@H]7COC)O[C@@H]6COC)O[C@@H]5COC)O[C@@H]4COC)O[C@@H]3COC. The van der Waals surface area contributed by atoms with Gasteiger partial charge >= 0.3 is 0 Å². The van der Waals surface area contributed by atoms with Gasteiger partial charge in [0.1, 0.15) is 171 Å².